The molecule has 12 heteroatoms. The number of rotatable bonds is 10. The average molecular weight is 610 g/mol. The molecule has 2 unspecified atom stereocenters. The minimum absolute atomic E-state index is 0.0756. The lowest BCUT2D eigenvalue weighted by Crippen LogP contribution is -2.46. The van der Waals surface area contributed by atoms with Crippen LogP contribution in [0.4, 0.5) is 11.4 Å². The van der Waals surface area contributed by atoms with Gasteiger partial charge in [-0.3, -0.25) is 0 Å². The minimum atomic E-state index is -0.0756. The van der Waals surface area contributed by atoms with E-state index in [1.165, 1.54) is 25.7 Å². The number of hydrogen-bond acceptors (Lipinski definition) is 9. The molecule has 2 aromatic heterocycles. The molecule has 2 saturated heterocycles. The number of ether oxygens (including phenoxy) is 2. The highest BCUT2D eigenvalue weighted by molar-refractivity contribution is 5.63. The highest BCUT2D eigenvalue weighted by Crippen LogP contribution is 2.29. The van der Waals surface area contributed by atoms with Crippen LogP contribution < -0.4 is 20.2 Å². The number of aromatic nitrogens is 6. The third kappa shape index (κ3) is 6.59. The van der Waals surface area contributed by atoms with Gasteiger partial charge in [0.15, 0.2) is 0 Å². The van der Waals surface area contributed by atoms with E-state index in [1.807, 2.05) is 30.3 Å². The zero-order valence-electron chi connectivity index (χ0n) is 25.4. The normalized spacial score (nSPS) is 20.5. The molecule has 2 aliphatic heterocycles. The van der Waals surface area contributed by atoms with Crippen molar-refractivity contribution in [3.63, 3.8) is 0 Å². The SMILES string of the molecule is N#Cc1cc(OCC2COC(Cn3nccn3)C2)ccc1N1CCN(c2ccc(-n3cnn(CC4CCCC4)c3=O)cc2)CC1. The molecule has 234 valence electrons. The number of benzene rings is 2. The molecule has 3 aliphatic rings. The van der Waals surface area contributed by atoms with Crippen LogP contribution in [0.1, 0.15) is 37.7 Å². The molecule has 1 aliphatic carbocycles. The van der Waals surface area contributed by atoms with Gasteiger partial charge in [0.25, 0.3) is 0 Å². The van der Waals surface area contributed by atoms with Crippen molar-refractivity contribution >= 4 is 11.4 Å². The molecule has 0 bridgehead atoms. The smallest absolute Gasteiger partial charge is 0.350 e. The van der Waals surface area contributed by atoms with Crippen LogP contribution in [0.2, 0.25) is 0 Å². The fourth-order valence-electron chi connectivity index (χ4n) is 6.83. The Balaban J connectivity index is 0.914. The highest BCUT2D eigenvalue weighted by atomic mass is 16.5. The summed E-state index contributed by atoms with van der Waals surface area (Å²) in [5.41, 5.74) is 3.42. The first kappa shape index (κ1) is 29.1. The van der Waals surface area contributed by atoms with E-state index in [0.717, 1.165) is 49.7 Å². The molecule has 0 radical (unpaired) electrons. The lowest BCUT2D eigenvalue weighted by Gasteiger charge is -2.37. The van der Waals surface area contributed by atoms with Gasteiger partial charge in [-0.25, -0.2) is 14.0 Å². The van der Waals surface area contributed by atoms with Gasteiger partial charge in [-0.05, 0) is 67.6 Å². The Morgan fingerprint density at radius 3 is 2.38 bits per heavy atom. The van der Waals surface area contributed by atoms with Crippen LogP contribution in [-0.4, -0.2) is 74.8 Å². The van der Waals surface area contributed by atoms with Crippen molar-refractivity contribution < 1.29 is 9.47 Å². The molecule has 12 nitrogen and oxygen atoms in total. The van der Waals surface area contributed by atoms with Crippen LogP contribution in [0.15, 0.2) is 66.0 Å². The van der Waals surface area contributed by atoms with Gasteiger partial charge in [0, 0.05) is 44.3 Å². The highest BCUT2D eigenvalue weighted by Gasteiger charge is 2.27. The van der Waals surface area contributed by atoms with Crippen molar-refractivity contribution in [3.8, 4) is 17.5 Å². The first-order valence-electron chi connectivity index (χ1n) is 16.0. The van der Waals surface area contributed by atoms with E-state index in [-0.39, 0.29) is 17.7 Å². The molecule has 0 amide bonds. The summed E-state index contributed by atoms with van der Waals surface area (Å²) < 4.78 is 15.2. The maximum atomic E-state index is 13.0. The van der Waals surface area contributed by atoms with Gasteiger partial charge >= 0.3 is 5.69 Å². The second kappa shape index (κ2) is 13.2. The quantitative estimate of drug-likeness (QED) is 0.266. The Morgan fingerprint density at radius 2 is 1.62 bits per heavy atom. The molecule has 3 fully saturated rings. The van der Waals surface area contributed by atoms with Crippen molar-refractivity contribution in [1.29, 1.82) is 5.26 Å². The first-order valence-corrected chi connectivity index (χ1v) is 16.0. The molecule has 2 aromatic carbocycles. The van der Waals surface area contributed by atoms with Crippen LogP contribution in [0.5, 0.6) is 5.75 Å². The molecular weight excluding hydrogens is 570 g/mol. The van der Waals surface area contributed by atoms with Crippen LogP contribution in [-0.2, 0) is 17.8 Å². The molecule has 1 saturated carbocycles. The van der Waals surface area contributed by atoms with Gasteiger partial charge in [0.1, 0.15) is 18.1 Å². The Hall–Kier alpha value is -4.63. The minimum Gasteiger partial charge on any atom is -0.493 e. The van der Waals surface area contributed by atoms with Gasteiger partial charge in [0.05, 0.1) is 55.2 Å². The Labute approximate surface area is 262 Å². The molecule has 2 atom stereocenters. The molecule has 4 aromatic rings. The molecular formula is C33H39N9O3. The summed E-state index contributed by atoms with van der Waals surface area (Å²) in [5.74, 6) is 1.55. The van der Waals surface area contributed by atoms with Gasteiger partial charge in [0.2, 0.25) is 0 Å². The van der Waals surface area contributed by atoms with Crippen molar-refractivity contribution in [2.45, 2.75) is 51.3 Å². The number of nitriles is 1. The lowest BCUT2D eigenvalue weighted by molar-refractivity contribution is 0.0844. The predicted octanol–water partition coefficient (Wildman–Crippen LogP) is 3.50. The second-order valence-corrected chi connectivity index (χ2v) is 12.3. The summed E-state index contributed by atoms with van der Waals surface area (Å²) in [5, 5.41) is 22.6. The van der Waals surface area contributed by atoms with Crippen LogP contribution in [0, 0.1) is 23.2 Å². The topological polar surface area (TPSA) is 119 Å². The summed E-state index contributed by atoms with van der Waals surface area (Å²) >= 11 is 0. The van der Waals surface area contributed by atoms with Crippen LogP contribution >= 0.6 is 0 Å². The van der Waals surface area contributed by atoms with E-state index in [9.17, 15) is 10.1 Å². The predicted molar refractivity (Wildman–Crippen MR) is 169 cm³/mol. The van der Waals surface area contributed by atoms with Gasteiger partial charge in [-0.1, -0.05) is 12.8 Å². The Kier molecular flexibility index (Phi) is 8.51. The van der Waals surface area contributed by atoms with Crippen molar-refractivity contribution in [2.75, 3.05) is 49.2 Å². The number of anilines is 2. The van der Waals surface area contributed by atoms with Gasteiger partial charge in [-0.2, -0.15) is 25.4 Å². The maximum absolute atomic E-state index is 13.0. The molecule has 0 spiro atoms. The van der Waals surface area contributed by atoms with E-state index in [4.69, 9.17) is 9.47 Å². The van der Waals surface area contributed by atoms with E-state index in [1.54, 1.807) is 32.8 Å². The van der Waals surface area contributed by atoms with E-state index in [2.05, 4.69) is 43.3 Å². The number of hydrogen-bond donors (Lipinski definition) is 0. The summed E-state index contributed by atoms with van der Waals surface area (Å²) in [6.45, 7) is 5.81. The number of nitrogens with zero attached hydrogens (tertiary/aromatic N) is 9. The monoisotopic (exact) mass is 609 g/mol. The van der Waals surface area contributed by atoms with E-state index in [0.29, 0.717) is 43.5 Å². The van der Waals surface area contributed by atoms with Crippen LogP contribution in [0.3, 0.4) is 0 Å². The maximum Gasteiger partial charge on any atom is 0.350 e. The summed E-state index contributed by atoms with van der Waals surface area (Å²) in [7, 11) is 0. The van der Waals surface area contributed by atoms with Crippen molar-refractivity contribution in [1.82, 2.24) is 29.3 Å². The fourth-order valence-corrected chi connectivity index (χ4v) is 6.83. The van der Waals surface area contributed by atoms with Crippen molar-refractivity contribution in [2.24, 2.45) is 11.8 Å². The van der Waals surface area contributed by atoms with Gasteiger partial charge in [-0.15, -0.1) is 0 Å². The molecule has 0 N–H and O–H groups in total. The first-order chi connectivity index (χ1) is 22.1. The molecule has 4 heterocycles. The Morgan fingerprint density at radius 1 is 0.889 bits per heavy atom. The van der Waals surface area contributed by atoms with Gasteiger partial charge < -0.3 is 19.3 Å². The fraction of sp³-hybridized carbons (Fsp3) is 0.485. The summed E-state index contributed by atoms with van der Waals surface area (Å²) in [4.78, 5) is 19.2. The van der Waals surface area contributed by atoms with Crippen molar-refractivity contribution in [3.05, 3.63) is 77.2 Å². The van der Waals surface area contributed by atoms with Crippen LogP contribution in [0.25, 0.3) is 5.69 Å². The second-order valence-electron chi connectivity index (χ2n) is 12.3. The molecule has 45 heavy (non-hydrogen) atoms. The largest absolute Gasteiger partial charge is 0.493 e. The number of piperazine rings is 1. The standard InChI is InChI=1S/C33H39N9O3/c34-19-27-18-30(44-22-26-17-31(45-23-26)21-42-35-11-12-36-42)9-10-32(27)39-15-13-38(14-16-39)28-5-7-29(8-6-28)40-24-37-41(33(40)43)20-25-3-1-2-4-25/h5-12,18,24-26,31H,1-4,13-17,20-23H2. The third-order valence-corrected chi connectivity index (χ3v) is 9.32. The average Bonchev–Trinajstić information content (AvgIpc) is 3.92. The summed E-state index contributed by atoms with van der Waals surface area (Å²) in [6.07, 6.45) is 10.8. The van der Waals surface area contributed by atoms with E-state index < -0.39 is 0 Å². The lowest BCUT2D eigenvalue weighted by atomic mass is 10.1. The zero-order chi connectivity index (χ0) is 30.6. The molecule has 7 rings (SSSR count). The van der Waals surface area contributed by atoms with E-state index >= 15 is 0 Å². The third-order valence-electron chi connectivity index (χ3n) is 9.32. The summed E-state index contributed by atoms with van der Waals surface area (Å²) in [6, 6.07) is 16.3. The Bertz CT molecular complexity index is 1660. The zero-order valence-corrected chi connectivity index (χ0v) is 25.4.